The molecule has 0 bridgehead atoms. The highest BCUT2D eigenvalue weighted by Gasteiger charge is 2.27. The van der Waals surface area contributed by atoms with Crippen molar-refractivity contribution in [3.8, 4) is 11.1 Å². The predicted molar refractivity (Wildman–Crippen MR) is 193 cm³/mol. The van der Waals surface area contributed by atoms with E-state index in [0.29, 0.717) is 29.6 Å². The lowest BCUT2D eigenvalue weighted by molar-refractivity contribution is 0.00638. The van der Waals surface area contributed by atoms with E-state index >= 15 is 0 Å². The first-order chi connectivity index (χ1) is 23.2. The van der Waals surface area contributed by atoms with Gasteiger partial charge in [-0.25, -0.2) is 14.8 Å². The molecule has 1 amide bonds. The normalized spacial score (nSPS) is 12.9. The number of benzene rings is 4. The van der Waals surface area contributed by atoms with Gasteiger partial charge < -0.3 is 9.64 Å². The van der Waals surface area contributed by atoms with E-state index in [1.807, 2.05) is 99.6 Å². The number of rotatable bonds is 7. The highest BCUT2D eigenvalue weighted by Crippen LogP contribution is 2.32. The smallest absolute Gasteiger partial charge is 0.358 e. The Hall–Kier alpha value is -5.34. The zero-order chi connectivity index (χ0) is 33.3. The predicted octanol–water partition coefficient (Wildman–Crippen LogP) is 8.72. The minimum Gasteiger partial charge on any atom is -0.455 e. The number of thiazole rings is 1. The highest BCUT2D eigenvalue weighted by atomic mass is 32.1. The summed E-state index contributed by atoms with van der Waals surface area (Å²) in [6.45, 7) is 6.75. The first-order valence-corrected chi connectivity index (χ1v) is 16.9. The number of pyridine rings is 1. The van der Waals surface area contributed by atoms with Gasteiger partial charge in [0.1, 0.15) is 11.4 Å². The molecule has 0 saturated heterocycles. The highest BCUT2D eigenvalue weighted by molar-refractivity contribution is 7.22. The van der Waals surface area contributed by atoms with E-state index in [-0.39, 0.29) is 11.6 Å². The van der Waals surface area contributed by atoms with Crippen LogP contribution in [0.4, 0.5) is 10.9 Å². The number of amides is 1. The van der Waals surface area contributed by atoms with Gasteiger partial charge in [0.25, 0.3) is 5.91 Å². The number of nitrogens with one attached hydrogen (secondary N) is 1. The second kappa shape index (κ2) is 13.0. The van der Waals surface area contributed by atoms with Crippen LogP contribution in [-0.2, 0) is 24.1 Å². The lowest BCUT2D eigenvalue weighted by Gasteiger charge is -2.31. The van der Waals surface area contributed by atoms with Crippen molar-refractivity contribution in [3.63, 3.8) is 0 Å². The second-order valence-electron chi connectivity index (χ2n) is 13.0. The number of esters is 1. The summed E-state index contributed by atoms with van der Waals surface area (Å²) in [6, 6.07) is 36.2. The number of ether oxygens (including phenoxy) is 1. The van der Waals surface area contributed by atoms with E-state index in [1.165, 1.54) is 16.9 Å². The molecule has 0 radical (unpaired) electrons. The molecular formula is C40H36N4O3S. The number of carbonyl (C=O) groups excluding carboxylic acids is 2. The molecule has 0 spiro atoms. The summed E-state index contributed by atoms with van der Waals surface area (Å²) in [5.41, 5.74) is 7.10. The molecule has 4 aromatic carbocycles. The van der Waals surface area contributed by atoms with Crippen molar-refractivity contribution in [1.82, 2.24) is 9.97 Å². The third kappa shape index (κ3) is 6.85. The first-order valence-electron chi connectivity index (χ1n) is 16.1. The standard InChI is InChI=1S/C40H36N4O3S/c1-40(2,3)47-38(46)36-30(29-15-9-13-27(24-29)23-26-11-5-4-6-12-26)19-20-35(42-36)44-22-21-28-14-10-16-31(32(28)25-44)37(45)43-39-41-33-17-7-8-18-34(33)48-39/h4-20,24H,21-23,25H2,1-3H3,(H,41,43,45). The Bertz CT molecular complexity index is 2100. The van der Waals surface area contributed by atoms with Gasteiger partial charge in [-0.1, -0.05) is 90.2 Å². The van der Waals surface area contributed by atoms with E-state index in [4.69, 9.17) is 9.72 Å². The Balaban J connectivity index is 1.19. The van der Waals surface area contributed by atoms with Gasteiger partial charge in [0.15, 0.2) is 10.8 Å². The summed E-state index contributed by atoms with van der Waals surface area (Å²) in [7, 11) is 0. The summed E-state index contributed by atoms with van der Waals surface area (Å²) in [5.74, 6) is -0.00546. The fourth-order valence-corrected chi connectivity index (χ4v) is 6.96. The van der Waals surface area contributed by atoms with Crippen molar-refractivity contribution in [3.05, 3.63) is 143 Å². The lowest BCUT2D eigenvalue weighted by Crippen LogP contribution is -2.33. The maximum Gasteiger partial charge on any atom is 0.358 e. The largest absolute Gasteiger partial charge is 0.455 e. The van der Waals surface area contributed by atoms with Crippen LogP contribution < -0.4 is 10.2 Å². The first kappa shape index (κ1) is 31.3. The van der Waals surface area contributed by atoms with E-state index in [2.05, 4.69) is 45.5 Å². The average molecular weight is 653 g/mol. The van der Waals surface area contributed by atoms with Crippen molar-refractivity contribution in [2.45, 2.75) is 45.8 Å². The Kier molecular flexibility index (Phi) is 8.50. The fourth-order valence-electron chi connectivity index (χ4n) is 6.10. The lowest BCUT2D eigenvalue weighted by atomic mass is 9.94. The molecule has 1 aliphatic rings. The summed E-state index contributed by atoms with van der Waals surface area (Å²) in [5, 5.41) is 3.58. The van der Waals surface area contributed by atoms with E-state index in [0.717, 1.165) is 50.9 Å². The minimum absolute atomic E-state index is 0.194. The molecular weight excluding hydrogens is 617 g/mol. The van der Waals surface area contributed by atoms with Crippen LogP contribution in [0.2, 0.25) is 0 Å². The van der Waals surface area contributed by atoms with Gasteiger partial charge in [-0.2, -0.15) is 0 Å². The van der Waals surface area contributed by atoms with Crippen molar-refractivity contribution in [2.75, 3.05) is 16.8 Å². The van der Waals surface area contributed by atoms with Gasteiger partial charge in [0.05, 0.1) is 10.2 Å². The zero-order valence-corrected chi connectivity index (χ0v) is 28.0. The van der Waals surface area contributed by atoms with Crippen LogP contribution in [0.25, 0.3) is 21.3 Å². The molecule has 2 aromatic heterocycles. The van der Waals surface area contributed by atoms with E-state index in [1.54, 1.807) is 0 Å². The number of nitrogens with zero attached hydrogens (tertiary/aromatic N) is 3. The quantitative estimate of drug-likeness (QED) is 0.174. The van der Waals surface area contributed by atoms with Crippen molar-refractivity contribution in [2.24, 2.45) is 0 Å². The molecule has 48 heavy (non-hydrogen) atoms. The molecule has 0 atom stereocenters. The van der Waals surface area contributed by atoms with Gasteiger partial charge in [0.2, 0.25) is 0 Å². The zero-order valence-electron chi connectivity index (χ0n) is 27.2. The second-order valence-corrected chi connectivity index (χ2v) is 14.0. The minimum atomic E-state index is -0.684. The van der Waals surface area contributed by atoms with Crippen LogP contribution in [0.1, 0.15) is 63.9 Å². The maximum absolute atomic E-state index is 13.7. The van der Waals surface area contributed by atoms with Gasteiger partial charge >= 0.3 is 5.97 Å². The van der Waals surface area contributed by atoms with Crippen molar-refractivity contribution in [1.29, 1.82) is 0 Å². The molecule has 8 heteroatoms. The third-order valence-corrected chi connectivity index (χ3v) is 9.27. The number of para-hydroxylation sites is 1. The summed E-state index contributed by atoms with van der Waals surface area (Å²) in [6.07, 6.45) is 1.52. The summed E-state index contributed by atoms with van der Waals surface area (Å²) in [4.78, 5) is 38.9. The third-order valence-electron chi connectivity index (χ3n) is 8.32. The molecule has 3 heterocycles. The number of aromatic nitrogens is 2. The number of carbonyl (C=O) groups is 2. The number of hydrogen-bond donors (Lipinski definition) is 1. The number of hydrogen-bond acceptors (Lipinski definition) is 7. The van der Waals surface area contributed by atoms with Crippen LogP contribution in [0.15, 0.2) is 109 Å². The Morgan fingerprint density at radius 2 is 1.62 bits per heavy atom. The molecule has 240 valence electrons. The van der Waals surface area contributed by atoms with Gasteiger partial charge in [-0.15, -0.1) is 0 Å². The van der Waals surface area contributed by atoms with Crippen LogP contribution >= 0.6 is 11.3 Å². The van der Waals surface area contributed by atoms with Gasteiger partial charge in [0, 0.05) is 24.2 Å². The summed E-state index contributed by atoms with van der Waals surface area (Å²) >= 11 is 1.46. The van der Waals surface area contributed by atoms with Crippen molar-refractivity contribution < 1.29 is 14.3 Å². The number of fused-ring (bicyclic) bond motifs is 2. The summed E-state index contributed by atoms with van der Waals surface area (Å²) < 4.78 is 6.88. The molecule has 1 N–H and O–H groups in total. The topological polar surface area (TPSA) is 84.4 Å². The van der Waals surface area contributed by atoms with Crippen LogP contribution in [0.5, 0.6) is 0 Å². The molecule has 6 aromatic rings. The molecule has 7 nitrogen and oxygen atoms in total. The molecule has 7 rings (SSSR count). The Morgan fingerprint density at radius 3 is 2.44 bits per heavy atom. The van der Waals surface area contributed by atoms with E-state index < -0.39 is 11.6 Å². The van der Waals surface area contributed by atoms with Gasteiger partial charge in [-0.3, -0.25) is 10.1 Å². The monoisotopic (exact) mass is 652 g/mol. The van der Waals surface area contributed by atoms with Crippen molar-refractivity contribution >= 4 is 44.4 Å². The molecule has 0 unspecified atom stereocenters. The van der Waals surface area contributed by atoms with E-state index in [9.17, 15) is 9.59 Å². The Labute approximate surface area is 284 Å². The average Bonchev–Trinajstić information content (AvgIpc) is 3.49. The molecule has 0 saturated carbocycles. The SMILES string of the molecule is CC(C)(C)OC(=O)c1nc(N2CCc3cccc(C(=O)Nc4nc5ccccc5s4)c3C2)ccc1-c1cccc(Cc2ccccc2)c1. The maximum atomic E-state index is 13.7. The van der Waals surface area contributed by atoms with Crippen LogP contribution in [0, 0.1) is 0 Å². The molecule has 1 aliphatic heterocycles. The van der Waals surface area contributed by atoms with Crippen LogP contribution in [-0.4, -0.2) is 34.0 Å². The number of anilines is 2. The Morgan fingerprint density at radius 1 is 0.854 bits per heavy atom. The van der Waals surface area contributed by atoms with Gasteiger partial charge in [-0.05, 0) is 91.8 Å². The van der Waals surface area contributed by atoms with Crippen LogP contribution in [0.3, 0.4) is 0 Å². The molecule has 0 aliphatic carbocycles. The molecule has 0 fully saturated rings. The fraction of sp³-hybridized carbons (Fsp3) is 0.200.